The predicted molar refractivity (Wildman–Crippen MR) is 76.2 cm³/mol. The van der Waals surface area contributed by atoms with Gasteiger partial charge in [0.05, 0.1) is 11.0 Å². The van der Waals surface area contributed by atoms with Gasteiger partial charge >= 0.3 is 0 Å². The molecule has 18 heavy (non-hydrogen) atoms. The molecule has 0 aliphatic carbocycles. The average molecular weight is 239 g/mol. The number of aromatic nitrogens is 2. The second-order valence-corrected chi connectivity index (χ2v) is 5.71. The highest BCUT2D eigenvalue weighted by molar-refractivity contribution is 6.33. The van der Waals surface area contributed by atoms with Crippen LogP contribution in [0.4, 0.5) is 0 Å². The largest absolute Gasteiger partial charge is 0.326 e. The Hall–Kier alpha value is -1.29. The average Bonchev–Trinajstić information content (AvgIpc) is 2.89. The molecule has 0 bridgehead atoms. The fraction of sp³-hybridized carbons (Fsp3) is 0.500. The fourth-order valence-electron chi connectivity index (χ4n) is 3.53. The minimum absolute atomic E-state index is 0.741. The Kier molecular flexibility index (Phi) is 2.27. The maximum absolute atomic E-state index is 4.84. The van der Waals surface area contributed by atoms with Crippen molar-refractivity contribution < 1.29 is 0 Å². The second kappa shape index (κ2) is 3.85. The monoisotopic (exact) mass is 239 g/mol. The zero-order chi connectivity index (χ0) is 12.1. The van der Waals surface area contributed by atoms with Gasteiger partial charge in [-0.1, -0.05) is 11.5 Å². The standard InChI is InChI=1S/C14H18BN3/c15-10-3-4-13-12(8-10)16-14-5-7-17-6-1-2-11(17)9-18(13)14/h3-4,8,11H,1-2,5-7,9,15H2. The molecule has 1 aromatic heterocycles. The molecule has 0 N–H and O–H groups in total. The normalized spacial score (nSPS) is 23.9. The topological polar surface area (TPSA) is 21.1 Å². The molecule has 1 atom stereocenters. The van der Waals surface area contributed by atoms with Gasteiger partial charge in [-0.15, -0.1) is 0 Å². The van der Waals surface area contributed by atoms with Crippen molar-refractivity contribution in [2.45, 2.75) is 31.8 Å². The highest BCUT2D eigenvalue weighted by Crippen LogP contribution is 2.26. The lowest BCUT2D eigenvalue weighted by molar-refractivity contribution is 0.252. The van der Waals surface area contributed by atoms with Gasteiger partial charge in [-0.05, 0) is 31.5 Å². The number of imidazole rings is 1. The molecule has 3 heterocycles. The van der Waals surface area contributed by atoms with E-state index in [4.69, 9.17) is 4.98 Å². The molecule has 0 spiro atoms. The van der Waals surface area contributed by atoms with E-state index in [9.17, 15) is 0 Å². The molecule has 2 aromatic rings. The van der Waals surface area contributed by atoms with Crippen molar-refractivity contribution >= 4 is 24.3 Å². The van der Waals surface area contributed by atoms with E-state index in [1.165, 1.54) is 48.3 Å². The molecule has 0 saturated carbocycles. The molecular formula is C14H18BN3. The fourth-order valence-corrected chi connectivity index (χ4v) is 3.53. The van der Waals surface area contributed by atoms with Crippen molar-refractivity contribution in [1.29, 1.82) is 0 Å². The Labute approximate surface area is 108 Å². The number of nitrogens with zero attached hydrogens (tertiary/aromatic N) is 3. The van der Waals surface area contributed by atoms with Crippen molar-refractivity contribution in [3.63, 3.8) is 0 Å². The van der Waals surface area contributed by atoms with Crippen molar-refractivity contribution in [3.8, 4) is 0 Å². The molecule has 4 rings (SSSR count). The third-order valence-electron chi connectivity index (χ3n) is 4.50. The van der Waals surface area contributed by atoms with Gasteiger partial charge in [-0.25, -0.2) is 4.98 Å². The molecule has 1 unspecified atom stereocenters. The minimum atomic E-state index is 0.741. The first kappa shape index (κ1) is 10.6. The summed E-state index contributed by atoms with van der Waals surface area (Å²) in [6.45, 7) is 3.61. The molecule has 92 valence electrons. The van der Waals surface area contributed by atoms with Crippen molar-refractivity contribution in [3.05, 3.63) is 24.0 Å². The van der Waals surface area contributed by atoms with E-state index < -0.39 is 0 Å². The number of hydrogen-bond donors (Lipinski definition) is 0. The summed E-state index contributed by atoms with van der Waals surface area (Å²) in [5, 5.41) is 0. The van der Waals surface area contributed by atoms with E-state index >= 15 is 0 Å². The maximum atomic E-state index is 4.84. The highest BCUT2D eigenvalue weighted by Gasteiger charge is 2.29. The lowest BCUT2D eigenvalue weighted by Gasteiger charge is -2.21. The number of rotatable bonds is 0. The van der Waals surface area contributed by atoms with Crippen molar-refractivity contribution in [2.24, 2.45) is 0 Å². The lowest BCUT2D eigenvalue weighted by atomic mass is 9.96. The van der Waals surface area contributed by atoms with E-state index in [0.717, 1.165) is 19.0 Å². The molecule has 3 nitrogen and oxygen atoms in total. The minimum Gasteiger partial charge on any atom is -0.326 e. The Morgan fingerprint density at radius 3 is 3.17 bits per heavy atom. The molecule has 0 amide bonds. The zero-order valence-electron chi connectivity index (χ0n) is 10.9. The van der Waals surface area contributed by atoms with Crippen LogP contribution >= 0.6 is 0 Å². The zero-order valence-corrected chi connectivity index (χ0v) is 10.9. The van der Waals surface area contributed by atoms with Crippen LogP contribution in [0.2, 0.25) is 0 Å². The van der Waals surface area contributed by atoms with Gasteiger partial charge < -0.3 is 4.57 Å². The summed E-state index contributed by atoms with van der Waals surface area (Å²) in [4.78, 5) is 7.49. The van der Waals surface area contributed by atoms with Gasteiger partial charge in [-0.3, -0.25) is 4.90 Å². The Balaban J connectivity index is 1.84. The molecule has 0 radical (unpaired) electrons. The third-order valence-corrected chi connectivity index (χ3v) is 4.50. The quantitative estimate of drug-likeness (QED) is 0.617. The summed E-state index contributed by atoms with van der Waals surface area (Å²) in [5.74, 6) is 1.28. The molecule has 4 heteroatoms. The maximum Gasteiger partial charge on any atom is 0.139 e. The first-order valence-electron chi connectivity index (χ1n) is 7.01. The molecule has 2 aliphatic heterocycles. The predicted octanol–water partition coefficient (Wildman–Crippen LogP) is 0.315. The molecular weight excluding hydrogens is 221 g/mol. The summed E-state index contributed by atoms with van der Waals surface area (Å²) < 4.78 is 2.46. The van der Waals surface area contributed by atoms with Gasteiger partial charge in [0.25, 0.3) is 0 Å². The molecule has 1 aromatic carbocycles. The van der Waals surface area contributed by atoms with Crippen LogP contribution < -0.4 is 5.46 Å². The first-order valence-corrected chi connectivity index (χ1v) is 7.01. The van der Waals surface area contributed by atoms with E-state index in [1.54, 1.807) is 0 Å². The molecule has 1 saturated heterocycles. The highest BCUT2D eigenvalue weighted by atomic mass is 15.2. The number of benzene rings is 1. The smallest absolute Gasteiger partial charge is 0.139 e. The number of fused-ring (bicyclic) bond motifs is 4. The Morgan fingerprint density at radius 1 is 1.28 bits per heavy atom. The van der Waals surface area contributed by atoms with Crippen LogP contribution in [0.25, 0.3) is 11.0 Å². The van der Waals surface area contributed by atoms with Crippen LogP contribution in [0.5, 0.6) is 0 Å². The van der Waals surface area contributed by atoms with Crippen molar-refractivity contribution in [2.75, 3.05) is 13.1 Å². The SMILES string of the molecule is Bc1ccc2c(c1)nc1n2CC2CCCN2CC1. The van der Waals surface area contributed by atoms with Gasteiger partial charge in [0.15, 0.2) is 0 Å². The third kappa shape index (κ3) is 1.52. The van der Waals surface area contributed by atoms with E-state index in [-0.39, 0.29) is 0 Å². The summed E-state index contributed by atoms with van der Waals surface area (Å²) in [5.41, 5.74) is 3.80. The van der Waals surface area contributed by atoms with Gasteiger partial charge in [0.1, 0.15) is 13.7 Å². The van der Waals surface area contributed by atoms with Crippen LogP contribution in [0.3, 0.4) is 0 Å². The van der Waals surface area contributed by atoms with Gasteiger partial charge in [-0.2, -0.15) is 0 Å². The summed E-state index contributed by atoms with van der Waals surface area (Å²) in [6.07, 6.45) is 3.82. The Morgan fingerprint density at radius 2 is 2.22 bits per heavy atom. The van der Waals surface area contributed by atoms with E-state index in [2.05, 4.69) is 35.5 Å². The summed E-state index contributed by atoms with van der Waals surface area (Å²) in [7, 11) is 2.14. The van der Waals surface area contributed by atoms with Crippen molar-refractivity contribution in [1.82, 2.24) is 14.5 Å². The van der Waals surface area contributed by atoms with Gasteiger partial charge in [0.2, 0.25) is 0 Å². The van der Waals surface area contributed by atoms with Crippen LogP contribution in [0.15, 0.2) is 18.2 Å². The van der Waals surface area contributed by atoms with Crippen LogP contribution in [0.1, 0.15) is 18.7 Å². The van der Waals surface area contributed by atoms with E-state index in [1.807, 2.05) is 0 Å². The molecule has 2 aliphatic rings. The first-order chi connectivity index (χ1) is 8.81. The van der Waals surface area contributed by atoms with Gasteiger partial charge in [0, 0.05) is 25.6 Å². The summed E-state index contributed by atoms with van der Waals surface area (Å²) in [6, 6.07) is 7.40. The molecule has 1 fully saturated rings. The summed E-state index contributed by atoms with van der Waals surface area (Å²) >= 11 is 0. The lowest BCUT2D eigenvalue weighted by Crippen LogP contribution is -2.31. The Bertz CT molecular complexity index is 604. The second-order valence-electron chi connectivity index (χ2n) is 5.71. The van der Waals surface area contributed by atoms with Crippen LogP contribution in [-0.4, -0.2) is 41.4 Å². The van der Waals surface area contributed by atoms with E-state index in [0.29, 0.717) is 0 Å². The van der Waals surface area contributed by atoms with Crippen LogP contribution in [-0.2, 0) is 13.0 Å². The van der Waals surface area contributed by atoms with Crippen LogP contribution in [0, 0.1) is 0 Å². The number of hydrogen-bond acceptors (Lipinski definition) is 2.